The molecule has 3 heteroatoms. The van der Waals surface area contributed by atoms with Crippen molar-refractivity contribution in [3.05, 3.63) is 35.4 Å². The SMILES string of the molecule is CC1(C)Cc2ccccc2/C1=N\[S+]([O-])C(C)(C)C. The van der Waals surface area contributed by atoms with E-state index in [1.807, 2.05) is 26.8 Å². The molecule has 0 bridgehead atoms. The van der Waals surface area contributed by atoms with Gasteiger partial charge in [-0.25, -0.2) is 0 Å². The molecule has 1 aliphatic rings. The molecule has 0 spiro atoms. The van der Waals surface area contributed by atoms with Crippen molar-refractivity contribution in [1.29, 1.82) is 0 Å². The van der Waals surface area contributed by atoms with Gasteiger partial charge in [0.25, 0.3) is 0 Å². The van der Waals surface area contributed by atoms with Crippen LogP contribution in [0.3, 0.4) is 0 Å². The predicted octanol–water partition coefficient (Wildman–Crippen LogP) is 3.52. The number of fused-ring (bicyclic) bond motifs is 1. The summed E-state index contributed by atoms with van der Waals surface area (Å²) in [6.07, 6.45) is 0.976. The van der Waals surface area contributed by atoms with E-state index in [-0.39, 0.29) is 10.2 Å². The average molecular weight is 263 g/mol. The Labute approximate surface area is 113 Å². The van der Waals surface area contributed by atoms with Crippen LogP contribution in [0.2, 0.25) is 0 Å². The zero-order valence-corrected chi connectivity index (χ0v) is 12.6. The van der Waals surface area contributed by atoms with Gasteiger partial charge in [0.05, 0.1) is 0 Å². The summed E-state index contributed by atoms with van der Waals surface area (Å²) in [5.74, 6) is 0. The number of hydrogen-bond donors (Lipinski definition) is 0. The zero-order valence-electron chi connectivity index (χ0n) is 11.8. The van der Waals surface area contributed by atoms with Crippen LogP contribution in [0.15, 0.2) is 28.7 Å². The molecule has 2 nitrogen and oxygen atoms in total. The van der Waals surface area contributed by atoms with Crippen LogP contribution >= 0.6 is 0 Å². The quantitative estimate of drug-likeness (QED) is 0.714. The van der Waals surface area contributed by atoms with Crippen LogP contribution in [0, 0.1) is 5.41 Å². The van der Waals surface area contributed by atoms with Crippen LogP contribution < -0.4 is 0 Å². The Morgan fingerprint density at radius 1 is 1.22 bits per heavy atom. The van der Waals surface area contributed by atoms with Crippen LogP contribution in [0.25, 0.3) is 0 Å². The van der Waals surface area contributed by atoms with Crippen molar-refractivity contribution in [2.45, 2.75) is 45.8 Å². The van der Waals surface area contributed by atoms with Crippen molar-refractivity contribution in [3.8, 4) is 0 Å². The van der Waals surface area contributed by atoms with E-state index in [4.69, 9.17) is 0 Å². The fourth-order valence-electron chi connectivity index (χ4n) is 2.22. The minimum absolute atomic E-state index is 0.0232. The molecule has 0 aromatic heterocycles. The van der Waals surface area contributed by atoms with Gasteiger partial charge in [0.1, 0.15) is 21.8 Å². The second kappa shape index (κ2) is 4.39. The first-order chi connectivity index (χ1) is 8.22. The smallest absolute Gasteiger partial charge is 0.144 e. The van der Waals surface area contributed by atoms with E-state index in [1.54, 1.807) is 0 Å². The van der Waals surface area contributed by atoms with Gasteiger partial charge in [-0.05, 0) is 32.8 Å². The Morgan fingerprint density at radius 2 is 1.83 bits per heavy atom. The van der Waals surface area contributed by atoms with Gasteiger partial charge in [0.2, 0.25) is 0 Å². The number of hydrogen-bond acceptors (Lipinski definition) is 2. The molecule has 1 aromatic rings. The van der Waals surface area contributed by atoms with E-state index in [2.05, 4.69) is 36.4 Å². The molecule has 1 aliphatic carbocycles. The first kappa shape index (κ1) is 13.6. The second-order valence-corrected chi connectivity index (χ2v) is 8.42. The molecule has 0 saturated heterocycles. The van der Waals surface area contributed by atoms with Crippen molar-refractivity contribution in [2.75, 3.05) is 0 Å². The number of rotatable bonds is 1. The Balaban J connectivity index is 2.46. The molecule has 0 aliphatic heterocycles. The Morgan fingerprint density at radius 3 is 2.44 bits per heavy atom. The largest absolute Gasteiger partial charge is 0.591 e. The Kier molecular flexibility index (Phi) is 3.32. The molecule has 0 fully saturated rings. The van der Waals surface area contributed by atoms with Crippen LogP contribution in [0.1, 0.15) is 45.7 Å². The summed E-state index contributed by atoms with van der Waals surface area (Å²) in [5.41, 5.74) is 3.45. The molecule has 2 rings (SSSR count). The minimum atomic E-state index is -1.19. The lowest BCUT2D eigenvalue weighted by atomic mass is 9.88. The van der Waals surface area contributed by atoms with Gasteiger partial charge in [-0.3, -0.25) is 0 Å². The molecule has 0 heterocycles. The van der Waals surface area contributed by atoms with Gasteiger partial charge in [-0.1, -0.05) is 42.5 Å². The summed E-state index contributed by atoms with van der Waals surface area (Å²) >= 11 is -1.19. The van der Waals surface area contributed by atoms with Gasteiger partial charge >= 0.3 is 0 Å². The third-order valence-electron chi connectivity index (χ3n) is 3.24. The molecule has 0 radical (unpaired) electrons. The van der Waals surface area contributed by atoms with Crippen LogP contribution in [0.5, 0.6) is 0 Å². The van der Waals surface area contributed by atoms with Crippen molar-refractivity contribution >= 4 is 17.1 Å². The molecule has 1 unspecified atom stereocenters. The van der Waals surface area contributed by atoms with Crippen LogP contribution in [-0.4, -0.2) is 15.0 Å². The maximum Gasteiger partial charge on any atom is 0.144 e. The third kappa shape index (κ3) is 2.47. The lowest BCUT2D eigenvalue weighted by Gasteiger charge is -2.22. The minimum Gasteiger partial charge on any atom is -0.591 e. The normalized spacial score (nSPS) is 22.0. The maximum absolute atomic E-state index is 12.2. The second-order valence-electron chi connectivity index (χ2n) is 6.52. The van der Waals surface area contributed by atoms with Gasteiger partial charge in [0, 0.05) is 11.0 Å². The maximum atomic E-state index is 12.2. The van der Waals surface area contributed by atoms with Crippen molar-refractivity contribution in [1.82, 2.24) is 0 Å². The van der Waals surface area contributed by atoms with Crippen molar-refractivity contribution in [3.63, 3.8) is 0 Å². The molecule has 98 valence electrons. The van der Waals surface area contributed by atoms with Gasteiger partial charge in [0.15, 0.2) is 0 Å². The first-order valence-electron chi connectivity index (χ1n) is 6.31. The molecule has 0 N–H and O–H groups in total. The molecule has 1 aromatic carbocycles. The predicted molar refractivity (Wildman–Crippen MR) is 78.4 cm³/mol. The van der Waals surface area contributed by atoms with Gasteiger partial charge < -0.3 is 4.55 Å². The molecule has 1 atom stereocenters. The lowest BCUT2D eigenvalue weighted by Crippen LogP contribution is -2.29. The van der Waals surface area contributed by atoms with E-state index in [0.29, 0.717) is 0 Å². The van der Waals surface area contributed by atoms with Crippen molar-refractivity contribution < 1.29 is 4.55 Å². The molecule has 0 saturated carbocycles. The molecule has 18 heavy (non-hydrogen) atoms. The standard InChI is InChI=1S/C15H21NOS/c1-14(2,3)18(17)16-13-12-9-7-6-8-11(12)10-15(13,4)5/h6-9H,10H2,1-5H3/b16-13+. The molecule has 0 amide bonds. The Hall–Kier alpha value is -0.800. The summed E-state index contributed by atoms with van der Waals surface area (Å²) < 4.78 is 16.5. The summed E-state index contributed by atoms with van der Waals surface area (Å²) in [6.45, 7) is 10.2. The highest BCUT2D eigenvalue weighted by atomic mass is 32.2. The summed E-state index contributed by atoms with van der Waals surface area (Å²) in [6, 6.07) is 8.30. The van der Waals surface area contributed by atoms with Crippen molar-refractivity contribution in [2.24, 2.45) is 9.81 Å². The number of nitrogens with zero attached hydrogens (tertiary/aromatic N) is 1. The lowest BCUT2D eigenvalue weighted by molar-refractivity contribution is 0.536. The monoisotopic (exact) mass is 263 g/mol. The molecular weight excluding hydrogens is 242 g/mol. The highest BCUT2D eigenvalue weighted by Gasteiger charge is 2.38. The highest BCUT2D eigenvalue weighted by Crippen LogP contribution is 2.37. The van der Waals surface area contributed by atoms with Gasteiger partial charge in [-0.15, -0.1) is 0 Å². The van der Waals surface area contributed by atoms with E-state index < -0.39 is 11.4 Å². The Bertz CT molecular complexity index is 486. The van der Waals surface area contributed by atoms with E-state index in [0.717, 1.165) is 12.1 Å². The fourth-order valence-corrected chi connectivity index (χ4v) is 3.01. The van der Waals surface area contributed by atoms with Crippen LogP contribution in [0.4, 0.5) is 0 Å². The topological polar surface area (TPSA) is 35.4 Å². The highest BCUT2D eigenvalue weighted by molar-refractivity contribution is 7.91. The van der Waals surface area contributed by atoms with Crippen LogP contribution in [-0.2, 0) is 17.8 Å². The van der Waals surface area contributed by atoms with Gasteiger partial charge in [-0.2, -0.15) is 0 Å². The first-order valence-corrected chi connectivity index (χ1v) is 7.42. The van der Waals surface area contributed by atoms with E-state index >= 15 is 0 Å². The fraction of sp³-hybridized carbons (Fsp3) is 0.533. The molecular formula is C15H21NOS. The summed E-state index contributed by atoms with van der Waals surface area (Å²) in [5, 5.41) is 0. The van der Waals surface area contributed by atoms with E-state index in [1.165, 1.54) is 11.1 Å². The van der Waals surface area contributed by atoms with E-state index in [9.17, 15) is 4.55 Å². The zero-order chi connectivity index (χ0) is 13.6. The third-order valence-corrected chi connectivity index (χ3v) is 4.64. The summed E-state index contributed by atoms with van der Waals surface area (Å²) in [7, 11) is 0. The average Bonchev–Trinajstić information content (AvgIpc) is 2.49. The number of benzene rings is 1. The summed E-state index contributed by atoms with van der Waals surface area (Å²) in [4.78, 5) is 0.